The minimum atomic E-state index is -0.376. The van der Waals surface area contributed by atoms with Crippen LogP contribution in [-0.2, 0) is 0 Å². The summed E-state index contributed by atoms with van der Waals surface area (Å²) in [5.74, 6) is 0. The van der Waals surface area contributed by atoms with Gasteiger partial charge in [0.2, 0.25) is 0 Å². The lowest BCUT2D eigenvalue weighted by Crippen LogP contribution is -1.86. The number of thiazole rings is 1. The molecule has 0 aliphatic carbocycles. The highest BCUT2D eigenvalue weighted by Gasteiger charge is 2.13. The highest BCUT2D eigenvalue weighted by atomic mass is 32.2. The highest BCUT2D eigenvalue weighted by molar-refractivity contribution is 8.01. The normalized spacial score (nSPS) is 12.4. The van der Waals surface area contributed by atoms with E-state index in [-0.39, 0.29) is 10.6 Å². The third kappa shape index (κ3) is 3.06. The Balaban J connectivity index is 1.86. The van der Waals surface area contributed by atoms with Crippen molar-refractivity contribution in [2.45, 2.75) is 16.5 Å². The number of thioether (sulfide) groups is 1. The summed E-state index contributed by atoms with van der Waals surface area (Å²) in [6.45, 7) is 2.13. The van der Waals surface area contributed by atoms with Crippen LogP contribution in [0.4, 0.5) is 5.69 Å². The predicted molar refractivity (Wildman–Crippen MR) is 87.0 cm³/mol. The highest BCUT2D eigenvalue weighted by Crippen LogP contribution is 2.39. The number of hydrogen-bond donors (Lipinski definition) is 0. The summed E-state index contributed by atoms with van der Waals surface area (Å²) in [6.07, 6.45) is 0. The van der Waals surface area contributed by atoms with Crippen LogP contribution in [0.2, 0.25) is 0 Å². The van der Waals surface area contributed by atoms with Gasteiger partial charge in [-0.1, -0.05) is 42.1 Å². The van der Waals surface area contributed by atoms with Crippen molar-refractivity contribution >= 4 is 39.0 Å². The van der Waals surface area contributed by atoms with Crippen molar-refractivity contribution in [3.63, 3.8) is 0 Å². The Morgan fingerprint density at radius 3 is 2.71 bits per heavy atom. The summed E-state index contributed by atoms with van der Waals surface area (Å²) in [5, 5.41) is 11.1. The third-order valence-electron chi connectivity index (χ3n) is 3.11. The molecule has 0 unspecified atom stereocenters. The van der Waals surface area contributed by atoms with Gasteiger partial charge in [0.1, 0.15) is 0 Å². The van der Waals surface area contributed by atoms with Crippen LogP contribution in [0.5, 0.6) is 0 Å². The predicted octanol–water partition coefficient (Wildman–Crippen LogP) is 5.06. The van der Waals surface area contributed by atoms with E-state index >= 15 is 0 Å². The van der Waals surface area contributed by atoms with E-state index in [0.717, 1.165) is 14.6 Å². The van der Waals surface area contributed by atoms with E-state index in [4.69, 9.17) is 0 Å². The summed E-state index contributed by atoms with van der Waals surface area (Å²) < 4.78 is 1.79. The molecule has 21 heavy (non-hydrogen) atoms. The Hall–Kier alpha value is -1.92. The smallest absolute Gasteiger partial charge is 0.258 e. The van der Waals surface area contributed by atoms with Gasteiger partial charge in [-0.2, -0.15) is 0 Å². The van der Waals surface area contributed by atoms with Crippen LogP contribution in [0.1, 0.15) is 17.7 Å². The summed E-state index contributed by atoms with van der Waals surface area (Å²) in [4.78, 5) is 15.0. The van der Waals surface area contributed by atoms with Crippen molar-refractivity contribution in [1.29, 1.82) is 0 Å². The van der Waals surface area contributed by atoms with Crippen LogP contribution in [0, 0.1) is 10.1 Å². The number of nitro groups is 1. The number of aromatic nitrogens is 1. The maximum atomic E-state index is 10.8. The first-order valence-corrected chi connectivity index (χ1v) is 8.09. The molecule has 0 fully saturated rings. The van der Waals surface area contributed by atoms with Crippen LogP contribution < -0.4 is 0 Å². The van der Waals surface area contributed by atoms with Gasteiger partial charge in [-0.15, -0.1) is 11.3 Å². The van der Waals surface area contributed by atoms with Gasteiger partial charge in [0, 0.05) is 17.4 Å². The molecule has 3 aromatic rings. The lowest BCUT2D eigenvalue weighted by Gasteiger charge is -2.08. The van der Waals surface area contributed by atoms with Crippen LogP contribution in [0.15, 0.2) is 52.9 Å². The van der Waals surface area contributed by atoms with Crippen molar-refractivity contribution in [1.82, 2.24) is 4.98 Å². The zero-order chi connectivity index (χ0) is 14.8. The first kappa shape index (κ1) is 14.0. The van der Waals surface area contributed by atoms with Gasteiger partial charge in [0.05, 0.1) is 15.1 Å². The van der Waals surface area contributed by atoms with E-state index < -0.39 is 0 Å². The molecule has 3 rings (SSSR count). The van der Waals surface area contributed by atoms with E-state index in [0.29, 0.717) is 5.25 Å². The van der Waals surface area contributed by atoms with Crippen molar-refractivity contribution < 1.29 is 4.92 Å². The molecular formula is C15H12N2O2S2. The second-order valence-corrected chi connectivity index (χ2v) is 7.18. The lowest BCUT2D eigenvalue weighted by atomic mass is 10.2. The molecule has 1 atom stereocenters. The standard InChI is InChI=1S/C15H12N2O2S2/c1-10(11-5-3-2-4-6-11)20-15-16-13-8-7-12(17(18)19)9-14(13)21-15/h2-10H,1H3/t10-/m1/s1. The fourth-order valence-electron chi connectivity index (χ4n) is 2.00. The van der Waals surface area contributed by atoms with Crippen LogP contribution >= 0.6 is 23.1 Å². The second-order valence-electron chi connectivity index (χ2n) is 4.56. The van der Waals surface area contributed by atoms with Gasteiger partial charge >= 0.3 is 0 Å². The molecule has 0 radical (unpaired) electrons. The Kier molecular flexibility index (Phi) is 3.90. The Morgan fingerprint density at radius 1 is 1.24 bits per heavy atom. The van der Waals surface area contributed by atoms with Gasteiger partial charge in [0.15, 0.2) is 4.34 Å². The SMILES string of the molecule is C[C@@H](Sc1nc2ccc([N+](=O)[O-])cc2s1)c1ccccc1. The van der Waals surface area contributed by atoms with Crippen molar-refractivity contribution in [2.24, 2.45) is 0 Å². The largest absolute Gasteiger partial charge is 0.270 e. The number of fused-ring (bicyclic) bond motifs is 1. The van der Waals surface area contributed by atoms with Gasteiger partial charge in [-0.25, -0.2) is 4.98 Å². The molecule has 0 saturated carbocycles. The molecule has 0 aliphatic rings. The van der Waals surface area contributed by atoms with E-state index in [1.807, 2.05) is 18.2 Å². The Morgan fingerprint density at radius 2 is 2.00 bits per heavy atom. The molecule has 0 saturated heterocycles. The first-order chi connectivity index (χ1) is 10.1. The van der Waals surface area contributed by atoms with Crippen molar-refractivity contribution in [3.05, 3.63) is 64.2 Å². The molecule has 106 valence electrons. The molecule has 2 aromatic carbocycles. The van der Waals surface area contributed by atoms with Crippen molar-refractivity contribution in [3.8, 4) is 0 Å². The van der Waals surface area contributed by atoms with Gasteiger partial charge in [-0.3, -0.25) is 10.1 Å². The number of rotatable bonds is 4. The minimum absolute atomic E-state index is 0.110. The topological polar surface area (TPSA) is 56.0 Å². The lowest BCUT2D eigenvalue weighted by molar-refractivity contribution is -0.384. The van der Waals surface area contributed by atoms with Gasteiger partial charge in [-0.05, 0) is 18.6 Å². The average Bonchev–Trinajstić information content (AvgIpc) is 2.89. The van der Waals surface area contributed by atoms with E-state index in [1.165, 1.54) is 23.0 Å². The fourth-order valence-corrected chi connectivity index (χ4v) is 4.37. The minimum Gasteiger partial charge on any atom is -0.258 e. The molecule has 0 aliphatic heterocycles. The maximum Gasteiger partial charge on any atom is 0.270 e. The fraction of sp³-hybridized carbons (Fsp3) is 0.133. The summed E-state index contributed by atoms with van der Waals surface area (Å²) in [5.41, 5.74) is 2.17. The van der Waals surface area contributed by atoms with Crippen LogP contribution in [-0.4, -0.2) is 9.91 Å². The molecule has 0 bridgehead atoms. The van der Waals surface area contributed by atoms with Gasteiger partial charge in [0.25, 0.3) is 5.69 Å². The number of non-ortho nitro benzene ring substituents is 1. The first-order valence-electron chi connectivity index (χ1n) is 6.40. The Bertz CT molecular complexity index is 787. The summed E-state index contributed by atoms with van der Waals surface area (Å²) in [7, 11) is 0. The van der Waals surface area contributed by atoms with E-state index in [9.17, 15) is 10.1 Å². The number of nitro benzene ring substituents is 1. The molecule has 1 aromatic heterocycles. The molecule has 0 spiro atoms. The Labute approximate surface area is 130 Å². The monoisotopic (exact) mass is 316 g/mol. The molecule has 0 N–H and O–H groups in total. The quantitative estimate of drug-likeness (QED) is 0.383. The second kappa shape index (κ2) is 5.83. The average molecular weight is 316 g/mol. The third-order valence-corrected chi connectivity index (χ3v) is 5.38. The molecule has 4 nitrogen and oxygen atoms in total. The van der Waals surface area contributed by atoms with Crippen molar-refractivity contribution in [2.75, 3.05) is 0 Å². The van der Waals surface area contributed by atoms with E-state index in [2.05, 4.69) is 24.0 Å². The molecule has 6 heteroatoms. The molecular weight excluding hydrogens is 304 g/mol. The summed E-state index contributed by atoms with van der Waals surface area (Å²) >= 11 is 3.17. The maximum absolute atomic E-state index is 10.8. The van der Waals surface area contributed by atoms with Gasteiger partial charge < -0.3 is 0 Å². The zero-order valence-electron chi connectivity index (χ0n) is 11.2. The molecule has 1 heterocycles. The molecule has 0 amide bonds. The van der Waals surface area contributed by atoms with Crippen LogP contribution in [0.3, 0.4) is 0 Å². The number of nitrogens with zero attached hydrogens (tertiary/aromatic N) is 2. The van der Waals surface area contributed by atoms with Crippen LogP contribution in [0.25, 0.3) is 10.2 Å². The zero-order valence-corrected chi connectivity index (χ0v) is 12.9. The number of benzene rings is 2. The summed E-state index contributed by atoms with van der Waals surface area (Å²) in [6, 6.07) is 15.0. The number of hydrogen-bond acceptors (Lipinski definition) is 5. The van der Waals surface area contributed by atoms with E-state index in [1.54, 1.807) is 23.9 Å².